The highest BCUT2D eigenvalue weighted by molar-refractivity contribution is 6.33. The second-order valence-electron chi connectivity index (χ2n) is 4.74. The van der Waals surface area contributed by atoms with E-state index in [0.29, 0.717) is 17.1 Å². The van der Waals surface area contributed by atoms with Gasteiger partial charge in [-0.05, 0) is 12.1 Å². The van der Waals surface area contributed by atoms with Crippen molar-refractivity contribution in [1.29, 1.82) is 0 Å². The third-order valence-electron chi connectivity index (χ3n) is 3.25. The molecule has 0 saturated heterocycles. The van der Waals surface area contributed by atoms with Gasteiger partial charge in [-0.3, -0.25) is 4.79 Å². The largest absolute Gasteiger partial charge is 0.507 e. The molecular formula is C16H12ClN3O2. The van der Waals surface area contributed by atoms with Gasteiger partial charge >= 0.3 is 0 Å². The minimum absolute atomic E-state index is 0.0985. The first-order valence-corrected chi connectivity index (χ1v) is 6.96. The van der Waals surface area contributed by atoms with Crippen molar-refractivity contribution in [1.82, 2.24) is 14.5 Å². The fourth-order valence-electron chi connectivity index (χ4n) is 2.21. The van der Waals surface area contributed by atoms with Gasteiger partial charge in [0.1, 0.15) is 12.1 Å². The highest BCUT2D eigenvalue weighted by atomic mass is 35.5. The quantitative estimate of drug-likeness (QED) is 0.807. The van der Waals surface area contributed by atoms with Gasteiger partial charge in [0, 0.05) is 34.7 Å². The fraction of sp³-hybridized carbons (Fsp3) is 0.0625. The van der Waals surface area contributed by atoms with Crippen LogP contribution in [-0.4, -0.2) is 19.6 Å². The van der Waals surface area contributed by atoms with Gasteiger partial charge in [-0.2, -0.15) is 0 Å². The molecule has 0 unspecified atom stereocenters. The molecule has 0 aliphatic rings. The van der Waals surface area contributed by atoms with Crippen LogP contribution in [0.2, 0.25) is 5.02 Å². The van der Waals surface area contributed by atoms with Crippen molar-refractivity contribution in [2.24, 2.45) is 0 Å². The molecular weight excluding hydrogens is 302 g/mol. The maximum atomic E-state index is 12.7. The number of benzene rings is 1. The van der Waals surface area contributed by atoms with Crippen molar-refractivity contribution >= 4 is 11.6 Å². The smallest absolute Gasteiger partial charge is 0.262 e. The molecule has 0 atom stereocenters. The van der Waals surface area contributed by atoms with E-state index in [1.54, 1.807) is 36.7 Å². The number of hydrogen-bond acceptors (Lipinski definition) is 4. The monoisotopic (exact) mass is 313 g/mol. The molecule has 1 N–H and O–H groups in total. The lowest BCUT2D eigenvalue weighted by Crippen LogP contribution is -2.21. The van der Waals surface area contributed by atoms with E-state index in [1.807, 2.05) is 0 Å². The lowest BCUT2D eigenvalue weighted by molar-refractivity contribution is 0.473. The average molecular weight is 314 g/mol. The van der Waals surface area contributed by atoms with Crippen LogP contribution in [0.15, 0.2) is 60.0 Å². The summed E-state index contributed by atoms with van der Waals surface area (Å²) in [6, 6.07) is 8.39. The van der Waals surface area contributed by atoms with E-state index in [0.717, 1.165) is 5.56 Å². The lowest BCUT2D eigenvalue weighted by atomic mass is 10.1. The Balaban J connectivity index is 2.11. The number of pyridine rings is 1. The zero-order valence-electron chi connectivity index (χ0n) is 11.5. The maximum Gasteiger partial charge on any atom is 0.262 e. The normalized spacial score (nSPS) is 10.6. The molecule has 0 bridgehead atoms. The molecule has 5 nitrogen and oxygen atoms in total. The molecule has 0 saturated carbocycles. The standard InChI is InChI=1S/C16H12ClN3O2/c17-13-4-2-1-3-12(13)15-14(21)5-6-20(16(15)22)9-11-7-18-10-19-8-11/h1-8,10,21H,9H2. The Morgan fingerprint density at radius 3 is 2.59 bits per heavy atom. The number of rotatable bonds is 3. The average Bonchev–Trinajstić information content (AvgIpc) is 2.53. The molecule has 2 heterocycles. The van der Waals surface area contributed by atoms with E-state index in [1.165, 1.54) is 23.2 Å². The van der Waals surface area contributed by atoms with Crippen LogP contribution < -0.4 is 5.56 Å². The summed E-state index contributed by atoms with van der Waals surface area (Å²) in [4.78, 5) is 20.5. The van der Waals surface area contributed by atoms with E-state index in [2.05, 4.69) is 9.97 Å². The van der Waals surface area contributed by atoms with E-state index >= 15 is 0 Å². The topological polar surface area (TPSA) is 68.0 Å². The first-order valence-electron chi connectivity index (χ1n) is 6.58. The zero-order chi connectivity index (χ0) is 15.5. The Kier molecular flexibility index (Phi) is 3.89. The second-order valence-corrected chi connectivity index (χ2v) is 5.14. The van der Waals surface area contributed by atoms with Crippen LogP contribution >= 0.6 is 11.6 Å². The lowest BCUT2D eigenvalue weighted by Gasteiger charge is -2.11. The van der Waals surface area contributed by atoms with Gasteiger partial charge in [-0.25, -0.2) is 9.97 Å². The predicted molar refractivity (Wildman–Crippen MR) is 83.9 cm³/mol. The first-order chi connectivity index (χ1) is 10.7. The number of aromatic hydroxyl groups is 1. The predicted octanol–water partition coefficient (Wildman–Crippen LogP) is 2.71. The molecule has 110 valence electrons. The summed E-state index contributed by atoms with van der Waals surface area (Å²) in [6.45, 7) is 0.317. The van der Waals surface area contributed by atoms with Crippen LogP contribution in [-0.2, 0) is 6.54 Å². The Morgan fingerprint density at radius 2 is 1.86 bits per heavy atom. The first kappa shape index (κ1) is 14.3. The molecule has 3 rings (SSSR count). The van der Waals surface area contributed by atoms with Crippen molar-refractivity contribution < 1.29 is 5.11 Å². The number of nitrogens with zero attached hydrogens (tertiary/aromatic N) is 3. The number of halogens is 1. The van der Waals surface area contributed by atoms with E-state index in [4.69, 9.17) is 11.6 Å². The van der Waals surface area contributed by atoms with Crippen molar-refractivity contribution in [2.75, 3.05) is 0 Å². The molecule has 0 aliphatic carbocycles. The molecule has 0 fully saturated rings. The Bertz CT molecular complexity index is 863. The third-order valence-corrected chi connectivity index (χ3v) is 3.58. The third kappa shape index (κ3) is 2.71. The summed E-state index contributed by atoms with van der Waals surface area (Å²) in [5.74, 6) is -0.0985. The molecule has 0 radical (unpaired) electrons. The molecule has 0 amide bonds. The molecule has 6 heteroatoms. The molecule has 3 aromatic rings. The van der Waals surface area contributed by atoms with Crippen LogP contribution in [0.5, 0.6) is 5.75 Å². The highest BCUT2D eigenvalue weighted by Crippen LogP contribution is 2.30. The van der Waals surface area contributed by atoms with Gasteiger partial charge in [-0.15, -0.1) is 0 Å². The van der Waals surface area contributed by atoms with Crippen LogP contribution in [0.1, 0.15) is 5.56 Å². The van der Waals surface area contributed by atoms with E-state index in [9.17, 15) is 9.90 Å². The van der Waals surface area contributed by atoms with Crippen LogP contribution in [0.25, 0.3) is 11.1 Å². The summed E-state index contributed by atoms with van der Waals surface area (Å²) >= 11 is 6.14. The van der Waals surface area contributed by atoms with Crippen molar-refractivity contribution in [3.63, 3.8) is 0 Å². The molecule has 2 aromatic heterocycles. The van der Waals surface area contributed by atoms with Gasteiger partial charge in [-0.1, -0.05) is 29.8 Å². The molecule has 22 heavy (non-hydrogen) atoms. The molecule has 1 aromatic carbocycles. The Hall–Kier alpha value is -2.66. The SMILES string of the molecule is O=c1c(-c2ccccc2Cl)c(O)ccn1Cc1cncnc1. The summed E-state index contributed by atoms with van der Waals surface area (Å²) in [6.07, 6.45) is 6.24. The van der Waals surface area contributed by atoms with Gasteiger partial charge < -0.3 is 9.67 Å². The number of hydrogen-bond donors (Lipinski definition) is 1. The summed E-state index contributed by atoms with van der Waals surface area (Å²) < 4.78 is 1.48. The summed E-state index contributed by atoms with van der Waals surface area (Å²) in [5, 5.41) is 10.5. The fourth-order valence-corrected chi connectivity index (χ4v) is 2.44. The van der Waals surface area contributed by atoms with Crippen LogP contribution in [0, 0.1) is 0 Å². The van der Waals surface area contributed by atoms with Crippen molar-refractivity contribution in [3.8, 4) is 16.9 Å². The van der Waals surface area contributed by atoms with E-state index < -0.39 is 0 Å². The Labute approximate surface area is 131 Å². The van der Waals surface area contributed by atoms with Gasteiger partial charge in [0.15, 0.2) is 0 Å². The van der Waals surface area contributed by atoms with Crippen molar-refractivity contribution in [3.05, 3.63) is 76.2 Å². The number of aromatic nitrogens is 3. The second kappa shape index (κ2) is 5.99. The molecule has 0 spiro atoms. The van der Waals surface area contributed by atoms with Crippen LogP contribution in [0.3, 0.4) is 0 Å². The molecule has 0 aliphatic heterocycles. The van der Waals surface area contributed by atoms with Crippen molar-refractivity contribution in [2.45, 2.75) is 6.54 Å². The van der Waals surface area contributed by atoms with E-state index in [-0.39, 0.29) is 16.9 Å². The van der Waals surface area contributed by atoms with Crippen LogP contribution in [0.4, 0.5) is 0 Å². The summed E-state index contributed by atoms with van der Waals surface area (Å²) in [7, 11) is 0. The van der Waals surface area contributed by atoms with Gasteiger partial charge in [0.05, 0.1) is 12.1 Å². The Morgan fingerprint density at radius 1 is 1.14 bits per heavy atom. The minimum atomic E-state index is -0.322. The minimum Gasteiger partial charge on any atom is -0.507 e. The highest BCUT2D eigenvalue weighted by Gasteiger charge is 2.14. The zero-order valence-corrected chi connectivity index (χ0v) is 12.2. The van der Waals surface area contributed by atoms with Gasteiger partial charge in [0.25, 0.3) is 5.56 Å². The summed E-state index contributed by atoms with van der Waals surface area (Å²) in [5.41, 5.74) is 1.16. The van der Waals surface area contributed by atoms with Gasteiger partial charge in [0.2, 0.25) is 0 Å². The maximum absolute atomic E-state index is 12.7.